The van der Waals surface area contributed by atoms with E-state index in [1.165, 1.54) is 11.9 Å². The lowest BCUT2D eigenvalue weighted by atomic mass is 10.1. The average Bonchev–Trinajstić information content (AvgIpc) is 2.82. The maximum Gasteiger partial charge on any atom is 0.137 e. The average molecular weight is 282 g/mol. The highest BCUT2D eigenvalue weighted by Crippen LogP contribution is 2.21. The van der Waals surface area contributed by atoms with Gasteiger partial charge in [0.1, 0.15) is 17.3 Å². The van der Waals surface area contributed by atoms with Gasteiger partial charge in [-0.1, -0.05) is 18.5 Å². The van der Waals surface area contributed by atoms with E-state index in [0.717, 1.165) is 24.2 Å². The number of halogens is 1. The van der Waals surface area contributed by atoms with Crippen LogP contribution in [-0.2, 0) is 12.8 Å². The predicted octanol–water partition coefficient (Wildman–Crippen LogP) is 3.80. The quantitative estimate of drug-likeness (QED) is 0.847. The molecule has 0 radical (unpaired) electrons. The minimum atomic E-state index is 0.316. The summed E-state index contributed by atoms with van der Waals surface area (Å²) >= 11 is 7.79. The zero-order chi connectivity index (χ0) is 13.0. The van der Waals surface area contributed by atoms with Gasteiger partial charge in [0.15, 0.2) is 0 Å². The highest BCUT2D eigenvalue weighted by molar-refractivity contribution is 7.07. The first-order valence-corrected chi connectivity index (χ1v) is 7.29. The summed E-state index contributed by atoms with van der Waals surface area (Å²) in [5.41, 5.74) is 2.33. The smallest absolute Gasteiger partial charge is 0.137 e. The van der Waals surface area contributed by atoms with E-state index in [0.29, 0.717) is 11.2 Å². The summed E-state index contributed by atoms with van der Waals surface area (Å²) in [5, 5.41) is 8.22. The van der Waals surface area contributed by atoms with E-state index in [9.17, 15) is 0 Å². The fourth-order valence-electron chi connectivity index (χ4n) is 1.88. The number of rotatable bonds is 5. The third-order valence-electron chi connectivity index (χ3n) is 2.75. The first-order valence-electron chi connectivity index (χ1n) is 5.97. The van der Waals surface area contributed by atoms with Crippen molar-refractivity contribution in [3.05, 3.63) is 39.4 Å². The molecule has 1 atom stereocenters. The van der Waals surface area contributed by atoms with Gasteiger partial charge in [-0.05, 0) is 42.2 Å². The molecule has 96 valence electrons. The second-order valence-electron chi connectivity index (χ2n) is 4.23. The zero-order valence-electron chi connectivity index (χ0n) is 10.5. The largest absolute Gasteiger partial charge is 0.367 e. The molecule has 0 aliphatic heterocycles. The topological polar surface area (TPSA) is 37.8 Å². The minimum Gasteiger partial charge on any atom is -0.367 e. The molecule has 2 aromatic heterocycles. The van der Waals surface area contributed by atoms with Crippen LogP contribution in [0.3, 0.4) is 0 Å². The maximum atomic E-state index is 6.07. The third-order valence-corrected chi connectivity index (χ3v) is 3.81. The molecule has 0 aromatic carbocycles. The lowest BCUT2D eigenvalue weighted by Gasteiger charge is -2.16. The molecule has 0 amide bonds. The van der Waals surface area contributed by atoms with Crippen molar-refractivity contribution in [2.45, 2.75) is 32.7 Å². The molecule has 0 aliphatic carbocycles. The molecule has 5 heteroatoms. The Bertz CT molecular complexity index is 499. The molecule has 2 aromatic rings. The Hall–Kier alpha value is -1.13. The first-order chi connectivity index (χ1) is 8.70. The lowest BCUT2D eigenvalue weighted by molar-refractivity contribution is 0.782. The fraction of sp³-hybridized carbons (Fsp3) is 0.385. The van der Waals surface area contributed by atoms with Gasteiger partial charge in [-0.2, -0.15) is 11.3 Å². The molecule has 0 spiro atoms. The summed E-state index contributed by atoms with van der Waals surface area (Å²) in [4.78, 5) is 8.29. The van der Waals surface area contributed by atoms with Crippen LogP contribution in [0.4, 0.5) is 5.82 Å². The molecular formula is C13H16ClN3S. The van der Waals surface area contributed by atoms with Gasteiger partial charge in [-0.25, -0.2) is 9.97 Å². The lowest BCUT2D eigenvalue weighted by Crippen LogP contribution is -2.20. The predicted molar refractivity (Wildman–Crippen MR) is 77.5 cm³/mol. The van der Waals surface area contributed by atoms with Gasteiger partial charge in [0.2, 0.25) is 0 Å². The molecule has 1 N–H and O–H groups in total. The molecular weight excluding hydrogens is 266 g/mol. The van der Waals surface area contributed by atoms with Gasteiger partial charge in [-0.15, -0.1) is 0 Å². The van der Waals surface area contributed by atoms with E-state index >= 15 is 0 Å². The summed E-state index contributed by atoms with van der Waals surface area (Å²) in [6.45, 7) is 4.20. The van der Waals surface area contributed by atoms with Crippen molar-refractivity contribution in [3.63, 3.8) is 0 Å². The molecule has 2 heterocycles. The zero-order valence-corrected chi connectivity index (χ0v) is 12.1. The number of anilines is 1. The van der Waals surface area contributed by atoms with Crippen LogP contribution in [0.15, 0.2) is 23.2 Å². The third kappa shape index (κ3) is 3.21. The van der Waals surface area contributed by atoms with Gasteiger partial charge in [-0.3, -0.25) is 0 Å². The van der Waals surface area contributed by atoms with E-state index in [1.54, 1.807) is 11.3 Å². The Morgan fingerprint density at radius 2 is 2.28 bits per heavy atom. The van der Waals surface area contributed by atoms with Crippen LogP contribution >= 0.6 is 22.9 Å². The van der Waals surface area contributed by atoms with Crippen LogP contribution in [0, 0.1) is 0 Å². The molecule has 18 heavy (non-hydrogen) atoms. The Morgan fingerprint density at radius 3 is 2.94 bits per heavy atom. The Kier molecular flexibility index (Phi) is 4.55. The maximum absolute atomic E-state index is 6.07. The highest BCUT2D eigenvalue weighted by atomic mass is 35.5. The molecule has 1 unspecified atom stereocenters. The molecule has 0 aliphatic rings. The van der Waals surface area contributed by atoms with E-state index in [4.69, 9.17) is 11.6 Å². The van der Waals surface area contributed by atoms with Crippen LogP contribution in [0.25, 0.3) is 0 Å². The van der Waals surface area contributed by atoms with E-state index < -0.39 is 0 Å². The molecule has 0 saturated carbocycles. The Morgan fingerprint density at radius 1 is 1.44 bits per heavy atom. The number of nitrogens with one attached hydrogen (secondary N) is 1. The summed E-state index contributed by atoms with van der Waals surface area (Å²) in [6.07, 6.45) is 3.31. The van der Waals surface area contributed by atoms with Crippen LogP contribution in [0.5, 0.6) is 0 Å². The van der Waals surface area contributed by atoms with Gasteiger partial charge >= 0.3 is 0 Å². The highest BCUT2D eigenvalue weighted by Gasteiger charge is 2.11. The van der Waals surface area contributed by atoms with Gasteiger partial charge in [0.05, 0.1) is 0 Å². The van der Waals surface area contributed by atoms with Crippen molar-refractivity contribution in [1.82, 2.24) is 9.97 Å². The number of hydrogen-bond donors (Lipinski definition) is 1. The van der Waals surface area contributed by atoms with Crippen molar-refractivity contribution in [2.75, 3.05) is 5.32 Å². The second-order valence-corrected chi connectivity index (χ2v) is 5.36. The van der Waals surface area contributed by atoms with Crippen LogP contribution in [0.2, 0.25) is 5.15 Å². The van der Waals surface area contributed by atoms with Crippen LogP contribution < -0.4 is 5.32 Å². The van der Waals surface area contributed by atoms with E-state index in [1.807, 2.05) is 0 Å². The SMILES string of the molecule is CCc1c(Cl)ncnc1NC(C)Cc1ccsc1. The van der Waals surface area contributed by atoms with E-state index in [-0.39, 0.29) is 0 Å². The monoisotopic (exact) mass is 281 g/mol. The van der Waals surface area contributed by atoms with Gasteiger partial charge in [0.25, 0.3) is 0 Å². The Balaban J connectivity index is 2.07. The van der Waals surface area contributed by atoms with E-state index in [2.05, 4.69) is 46.0 Å². The standard InChI is InChI=1S/C13H16ClN3S/c1-3-11-12(14)15-8-16-13(11)17-9(2)6-10-4-5-18-7-10/h4-5,7-9H,3,6H2,1-2H3,(H,15,16,17). The van der Waals surface area contributed by atoms with Crippen molar-refractivity contribution in [3.8, 4) is 0 Å². The number of nitrogens with zero attached hydrogens (tertiary/aromatic N) is 2. The van der Waals surface area contributed by atoms with Crippen molar-refractivity contribution in [1.29, 1.82) is 0 Å². The van der Waals surface area contributed by atoms with Crippen molar-refractivity contribution >= 4 is 28.8 Å². The molecule has 0 saturated heterocycles. The van der Waals surface area contributed by atoms with Crippen LogP contribution in [-0.4, -0.2) is 16.0 Å². The molecule has 2 rings (SSSR count). The fourth-order valence-corrected chi connectivity index (χ4v) is 2.82. The normalized spacial score (nSPS) is 12.4. The summed E-state index contributed by atoms with van der Waals surface area (Å²) < 4.78 is 0. The summed E-state index contributed by atoms with van der Waals surface area (Å²) in [6, 6.07) is 2.46. The summed E-state index contributed by atoms with van der Waals surface area (Å²) in [5.74, 6) is 0.847. The molecule has 0 fully saturated rings. The minimum absolute atomic E-state index is 0.316. The summed E-state index contributed by atoms with van der Waals surface area (Å²) in [7, 11) is 0. The number of aromatic nitrogens is 2. The van der Waals surface area contributed by atoms with Crippen molar-refractivity contribution in [2.24, 2.45) is 0 Å². The second kappa shape index (κ2) is 6.16. The number of thiophene rings is 1. The van der Waals surface area contributed by atoms with Crippen LogP contribution in [0.1, 0.15) is 25.0 Å². The van der Waals surface area contributed by atoms with Gasteiger partial charge < -0.3 is 5.32 Å². The van der Waals surface area contributed by atoms with Crippen molar-refractivity contribution < 1.29 is 0 Å². The molecule has 0 bridgehead atoms. The first kappa shape index (κ1) is 13.3. The van der Waals surface area contributed by atoms with Gasteiger partial charge in [0, 0.05) is 11.6 Å². The number of hydrogen-bond acceptors (Lipinski definition) is 4. The molecule has 3 nitrogen and oxygen atoms in total. The Labute approximate surface area is 116 Å².